The van der Waals surface area contributed by atoms with E-state index in [4.69, 9.17) is 4.74 Å². The number of anilines is 1. The second-order valence-corrected chi connectivity index (χ2v) is 8.03. The molecular weight excluding hydrogens is 364 g/mol. The van der Waals surface area contributed by atoms with Crippen molar-refractivity contribution in [3.8, 4) is 0 Å². The Kier molecular flexibility index (Phi) is 5.76. The molecule has 0 radical (unpaired) electrons. The molecule has 1 aliphatic heterocycles. The van der Waals surface area contributed by atoms with Crippen LogP contribution < -0.4 is 15.7 Å². The number of nitrogens with zero attached hydrogens (tertiary/aromatic N) is 2. The normalized spacial score (nSPS) is 17.5. The number of carbonyl (C=O) groups is 1. The lowest BCUT2D eigenvalue weighted by Crippen LogP contribution is -2.49. The van der Waals surface area contributed by atoms with Gasteiger partial charge in [-0.25, -0.2) is 9.18 Å². The molecule has 1 amide bonds. The Balaban J connectivity index is 1.84. The van der Waals surface area contributed by atoms with E-state index in [0.717, 1.165) is 31.1 Å². The molecule has 0 saturated carbocycles. The lowest BCUT2D eigenvalue weighted by molar-refractivity contribution is 0.0500. The number of fused-ring (bicyclic) bond motifs is 1. The number of benzene rings is 1. The van der Waals surface area contributed by atoms with Crippen molar-refractivity contribution in [1.29, 1.82) is 0 Å². The van der Waals surface area contributed by atoms with E-state index >= 15 is 0 Å². The highest BCUT2D eigenvalue weighted by Crippen LogP contribution is 2.28. The minimum Gasteiger partial charge on any atom is -0.444 e. The van der Waals surface area contributed by atoms with Crippen molar-refractivity contribution in [3.05, 3.63) is 30.2 Å². The molecule has 0 aliphatic carbocycles. The van der Waals surface area contributed by atoms with Crippen molar-refractivity contribution in [1.82, 2.24) is 10.3 Å². The third-order valence-corrected chi connectivity index (χ3v) is 4.58. The van der Waals surface area contributed by atoms with Gasteiger partial charge in [-0.15, -0.1) is 0 Å². The van der Waals surface area contributed by atoms with Crippen LogP contribution in [0.1, 0.15) is 33.6 Å². The molecule has 3 rings (SSSR count). The lowest BCUT2D eigenvalue weighted by Gasteiger charge is -2.35. The summed E-state index contributed by atoms with van der Waals surface area (Å²) in [4.78, 5) is 18.2. The molecule has 1 fully saturated rings. The number of rotatable bonds is 3. The number of carbonyl (C=O) groups excluding carboxylic acids is 1. The third kappa shape index (κ3) is 4.71. The molecule has 1 saturated heterocycles. The Morgan fingerprint density at radius 1 is 1.39 bits per heavy atom. The summed E-state index contributed by atoms with van der Waals surface area (Å²) in [7, 11) is -1.77. The van der Waals surface area contributed by atoms with Gasteiger partial charge in [0.1, 0.15) is 16.9 Å². The van der Waals surface area contributed by atoms with Crippen molar-refractivity contribution in [2.75, 3.05) is 18.0 Å². The van der Waals surface area contributed by atoms with Crippen LogP contribution in [0.15, 0.2) is 24.4 Å². The fourth-order valence-corrected chi connectivity index (χ4v) is 3.43. The summed E-state index contributed by atoms with van der Waals surface area (Å²) < 4.78 is 19.7. The monoisotopic (exact) mass is 389 g/mol. The molecule has 0 unspecified atom stereocenters. The van der Waals surface area contributed by atoms with Gasteiger partial charge in [-0.1, -0.05) is 6.07 Å². The fraction of sp³-hybridized carbons (Fsp3) is 0.474. The number of amides is 1. The summed E-state index contributed by atoms with van der Waals surface area (Å²) >= 11 is 0. The summed E-state index contributed by atoms with van der Waals surface area (Å²) in [6.07, 6.45) is 2.72. The van der Waals surface area contributed by atoms with Gasteiger partial charge in [-0.05, 0) is 51.2 Å². The molecule has 2 aromatic rings. The zero-order valence-electron chi connectivity index (χ0n) is 16.3. The Morgan fingerprint density at radius 3 is 2.82 bits per heavy atom. The van der Waals surface area contributed by atoms with Gasteiger partial charge in [-0.2, -0.15) is 0 Å². The predicted octanol–water partition coefficient (Wildman–Crippen LogP) is 1.55. The summed E-state index contributed by atoms with van der Waals surface area (Å²) in [5.74, 6) is -0.608. The molecule has 0 spiro atoms. The minimum atomic E-state index is -1.77. The quantitative estimate of drug-likeness (QED) is 0.690. The van der Waals surface area contributed by atoms with Crippen LogP contribution in [0.25, 0.3) is 10.9 Å². The zero-order valence-corrected chi connectivity index (χ0v) is 16.3. The molecule has 1 aliphatic rings. The maximum Gasteiger partial charge on any atom is 0.488 e. The molecule has 2 heterocycles. The first-order valence-corrected chi connectivity index (χ1v) is 9.33. The summed E-state index contributed by atoms with van der Waals surface area (Å²) in [6, 6.07) is 4.28. The van der Waals surface area contributed by atoms with E-state index in [-0.39, 0.29) is 17.0 Å². The largest absolute Gasteiger partial charge is 0.488 e. The summed E-state index contributed by atoms with van der Waals surface area (Å²) in [5.41, 5.74) is 0.407. The summed E-state index contributed by atoms with van der Waals surface area (Å²) in [5, 5.41) is 22.3. The van der Waals surface area contributed by atoms with Crippen molar-refractivity contribution >= 4 is 35.3 Å². The number of hydrogen-bond donors (Lipinski definition) is 3. The van der Waals surface area contributed by atoms with Gasteiger partial charge in [0, 0.05) is 36.4 Å². The highest BCUT2D eigenvalue weighted by molar-refractivity contribution is 6.59. The highest BCUT2D eigenvalue weighted by Gasteiger charge is 2.26. The van der Waals surface area contributed by atoms with E-state index in [1.807, 2.05) is 25.7 Å². The van der Waals surface area contributed by atoms with Crippen LogP contribution in [0.4, 0.5) is 14.9 Å². The number of alkyl carbamates (subject to hydrolysis) is 1. The van der Waals surface area contributed by atoms with Crippen molar-refractivity contribution in [3.63, 3.8) is 0 Å². The average Bonchev–Trinajstić information content (AvgIpc) is 2.59. The van der Waals surface area contributed by atoms with Gasteiger partial charge in [0.15, 0.2) is 0 Å². The smallest absolute Gasteiger partial charge is 0.444 e. The van der Waals surface area contributed by atoms with E-state index < -0.39 is 24.6 Å². The lowest BCUT2D eigenvalue weighted by atomic mass is 9.79. The molecule has 28 heavy (non-hydrogen) atoms. The third-order valence-electron chi connectivity index (χ3n) is 4.58. The zero-order chi connectivity index (χ0) is 20.5. The van der Waals surface area contributed by atoms with E-state index in [1.54, 1.807) is 6.07 Å². The number of nitrogens with one attached hydrogen (secondary N) is 1. The van der Waals surface area contributed by atoms with Gasteiger partial charge in [0.25, 0.3) is 0 Å². The standard InChI is InChI=1S/C19H25BFN3O4/c1-19(2,3)28-18(25)23-13-5-4-8-24(11-13)16-6-7-22-17-14(16)9-12(20(26)27)10-15(17)21/h6-7,9-10,13,26-27H,4-5,8,11H2,1-3H3,(H,23,25)/t13-/m0/s1. The SMILES string of the molecule is CC(C)(C)OC(=O)N[C@H]1CCCN(c2ccnc3c(F)cc(B(O)O)cc23)C1. The average molecular weight is 389 g/mol. The van der Waals surface area contributed by atoms with E-state index in [1.165, 1.54) is 12.3 Å². The molecule has 3 N–H and O–H groups in total. The van der Waals surface area contributed by atoms with Crippen molar-refractivity contribution in [2.24, 2.45) is 0 Å². The van der Waals surface area contributed by atoms with Crippen LogP contribution >= 0.6 is 0 Å². The van der Waals surface area contributed by atoms with Crippen LogP contribution in [0, 0.1) is 5.82 Å². The van der Waals surface area contributed by atoms with Crippen molar-refractivity contribution in [2.45, 2.75) is 45.3 Å². The Morgan fingerprint density at radius 2 is 2.14 bits per heavy atom. The van der Waals surface area contributed by atoms with Crippen molar-refractivity contribution < 1.29 is 24.0 Å². The maximum atomic E-state index is 14.4. The number of ether oxygens (including phenoxy) is 1. The van der Waals surface area contributed by atoms with Crippen LogP contribution in [-0.4, -0.2) is 53.0 Å². The molecule has 1 aromatic carbocycles. The molecule has 1 aromatic heterocycles. The number of halogens is 1. The summed E-state index contributed by atoms with van der Waals surface area (Å²) in [6.45, 7) is 6.70. The highest BCUT2D eigenvalue weighted by atomic mass is 19.1. The first-order valence-electron chi connectivity index (χ1n) is 9.33. The molecule has 150 valence electrons. The maximum absolute atomic E-state index is 14.4. The fourth-order valence-electron chi connectivity index (χ4n) is 3.43. The van der Waals surface area contributed by atoms with Crippen LogP contribution in [-0.2, 0) is 4.74 Å². The van der Waals surface area contributed by atoms with Crippen LogP contribution in [0.5, 0.6) is 0 Å². The van der Waals surface area contributed by atoms with Crippen LogP contribution in [0.3, 0.4) is 0 Å². The number of aromatic nitrogens is 1. The minimum absolute atomic E-state index is 0.0692. The van der Waals surface area contributed by atoms with E-state index in [0.29, 0.717) is 11.9 Å². The van der Waals surface area contributed by atoms with Gasteiger partial charge < -0.3 is 25.0 Å². The Hall–Kier alpha value is -2.39. The molecule has 1 atom stereocenters. The molecule has 7 nitrogen and oxygen atoms in total. The van der Waals surface area contributed by atoms with Gasteiger partial charge in [-0.3, -0.25) is 4.98 Å². The van der Waals surface area contributed by atoms with Crippen LogP contribution in [0.2, 0.25) is 0 Å². The second-order valence-electron chi connectivity index (χ2n) is 8.03. The topological polar surface area (TPSA) is 94.9 Å². The number of hydrogen-bond acceptors (Lipinski definition) is 6. The Labute approximate surface area is 163 Å². The van der Waals surface area contributed by atoms with E-state index in [2.05, 4.69) is 10.3 Å². The number of pyridine rings is 1. The predicted molar refractivity (Wildman–Crippen MR) is 106 cm³/mol. The van der Waals surface area contributed by atoms with E-state index in [9.17, 15) is 19.2 Å². The van der Waals surface area contributed by atoms with Gasteiger partial charge >= 0.3 is 13.2 Å². The molecule has 9 heteroatoms. The Bertz CT molecular complexity index is 872. The number of piperidine rings is 1. The molecule has 0 bridgehead atoms. The second kappa shape index (κ2) is 7.93. The van der Waals surface area contributed by atoms with Gasteiger partial charge in [0.05, 0.1) is 0 Å². The van der Waals surface area contributed by atoms with Gasteiger partial charge in [0.2, 0.25) is 0 Å². The first kappa shape index (κ1) is 20.4. The molecular formula is C19H25BFN3O4. The first-order chi connectivity index (χ1) is 13.1.